The highest BCUT2D eigenvalue weighted by atomic mass is 35.5. The quantitative estimate of drug-likeness (QED) is 0.602. The molecule has 16 heavy (non-hydrogen) atoms. The molecule has 0 aliphatic rings. The fraction of sp³-hybridized carbons (Fsp3) is 0.250. The molecule has 0 fully saturated rings. The minimum atomic E-state index is -4.99. The predicted octanol–water partition coefficient (Wildman–Crippen LogP) is 3.42. The number of alkyl halides is 5. The molecule has 0 amide bonds. The standard InChI is InChI=1S/C8H3ClF5NO/c9-6(16)5-4(7(10)11)3(1-2-15-5)8(12,13)14/h1-2,7H. The Labute approximate surface area is 91.0 Å². The number of nitrogens with zero attached hydrogens (tertiary/aromatic N) is 1. The molecule has 1 rings (SSSR count). The van der Waals surface area contributed by atoms with E-state index in [0.29, 0.717) is 12.3 Å². The van der Waals surface area contributed by atoms with Gasteiger partial charge in [0.1, 0.15) is 5.69 Å². The zero-order valence-electron chi connectivity index (χ0n) is 7.36. The van der Waals surface area contributed by atoms with Gasteiger partial charge in [0.2, 0.25) is 0 Å². The summed E-state index contributed by atoms with van der Waals surface area (Å²) in [6.45, 7) is 0. The number of halogens is 6. The summed E-state index contributed by atoms with van der Waals surface area (Å²) in [5, 5.41) is -1.46. The summed E-state index contributed by atoms with van der Waals surface area (Å²) in [6, 6.07) is 0.366. The molecule has 0 N–H and O–H groups in total. The molecule has 0 spiro atoms. The van der Waals surface area contributed by atoms with Gasteiger partial charge in [-0.25, -0.2) is 8.78 Å². The molecular weight excluding hydrogens is 257 g/mol. The molecule has 0 aliphatic heterocycles. The second-order valence-corrected chi connectivity index (χ2v) is 3.04. The Morgan fingerprint density at radius 3 is 2.31 bits per heavy atom. The van der Waals surface area contributed by atoms with Gasteiger partial charge in [-0.1, -0.05) is 0 Å². The summed E-state index contributed by atoms with van der Waals surface area (Å²) >= 11 is 4.87. The lowest BCUT2D eigenvalue weighted by Crippen LogP contribution is -2.14. The molecule has 0 atom stereocenters. The Hall–Kier alpha value is -1.24. The zero-order chi connectivity index (χ0) is 12.5. The van der Waals surface area contributed by atoms with E-state index in [1.165, 1.54) is 0 Å². The molecule has 1 aromatic rings. The summed E-state index contributed by atoms with van der Waals surface area (Å²) in [4.78, 5) is 13.8. The van der Waals surface area contributed by atoms with E-state index in [1.807, 2.05) is 0 Å². The molecule has 0 radical (unpaired) electrons. The average Bonchev–Trinajstić information content (AvgIpc) is 2.14. The van der Waals surface area contributed by atoms with Gasteiger partial charge in [-0.05, 0) is 17.7 Å². The van der Waals surface area contributed by atoms with Crippen LogP contribution in [-0.2, 0) is 6.18 Å². The van der Waals surface area contributed by atoms with Crippen LogP contribution in [0.2, 0.25) is 0 Å². The lowest BCUT2D eigenvalue weighted by molar-refractivity contribution is -0.139. The first-order valence-corrected chi connectivity index (χ1v) is 4.17. The van der Waals surface area contributed by atoms with E-state index >= 15 is 0 Å². The van der Waals surface area contributed by atoms with Crippen LogP contribution in [0.15, 0.2) is 12.3 Å². The van der Waals surface area contributed by atoms with E-state index in [-0.39, 0.29) is 0 Å². The van der Waals surface area contributed by atoms with Crippen molar-refractivity contribution in [2.45, 2.75) is 12.6 Å². The van der Waals surface area contributed by atoms with Crippen molar-refractivity contribution in [3.05, 3.63) is 29.1 Å². The van der Waals surface area contributed by atoms with E-state index < -0.39 is 34.7 Å². The number of aromatic nitrogens is 1. The molecular formula is C8H3ClF5NO. The van der Waals surface area contributed by atoms with Gasteiger partial charge in [0.25, 0.3) is 11.7 Å². The SMILES string of the molecule is O=C(Cl)c1nccc(C(F)(F)F)c1C(F)F. The summed E-state index contributed by atoms with van der Waals surface area (Å²) < 4.78 is 61.9. The summed E-state index contributed by atoms with van der Waals surface area (Å²) in [5.41, 5.74) is -4.18. The second-order valence-electron chi connectivity index (χ2n) is 2.69. The smallest absolute Gasteiger partial charge is 0.274 e. The Morgan fingerprint density at radius 1 is 1.38 bits per heavy atom. The van der Waals surface area contributed by atoms with Crippen LogP contribution in [0.4, 0.5) is 22.0 Å². The topological polar surface area (TPSA) is 30.0 Å². The Morgan fingerprint density at radius 2 is 1.94 bits per heavy atom. The van der Waals surface area contributed by atoms with Crippen LogP contribution in [0.3, 0.4) is 0 Å². The Bertz CT molecular complexity index is 417. The van der Waals surface area contributed by atoms with E-state index in [2.05, 4.69) is 4.98 Å². The van der Waals surface area contributed by atoms with E-state index in [9.17, 15) is 26.7 Å². The number of pyridine rings is 1. The molecule has 0 unspecified atom stereocenters. The first kappa shape index (κ1) is 12.8. The number of carbonyl (C=O) groups excluding carboxylic acids is 1. The molecule has 0 aromatic carbocycles. The van der Waals surface area contributed by atoms with Gasteiger partial charge in [-0.3, -0.25) is 9.78 Å². The maximum Gasteiger partial charge on any atom is 0.417 e. The van der Waals surface area contributed by atoms with Gasteiger partial charge in [-0.2, -0.15) is 13.2 Å². The molecule has 8 heteroatoms. The van der Waals surface area contributed by atoms with Crippen molar-refractivity contribution >= 4 is 16.8 Å². The van der Waals surface area contributed by atoms with Crippen LogP contribution in [0.25, 0.3) is 0 Å². The fourth-order valence-corrected chi connectivity index (χ4v) is 1.25. The maximum absolute atomic E-state index is 12.4. The van der Waals surface area contributed by atoms with Crippen molar-refractivity contribution in [2.24, 2.45) is 0 Å². The van der Waals surface area contributed by atoms with Gasteiger partial charge in [0.05, 0.1) is 11.1 Å². The fourth-order valence-electron chi connectivity index (χ4n) is 1.10. The first-order valence-electron chi connectivity index (χ1n) is 3.79. The lowest BCUT2D eigenvalue weighted by atomic mass is 10.1. The molecule has 1 aromatic heterocycles. The molecule has 2 nitrogen and oxygen atoms in total. The van der Waals surface area contributed by atoms with Crippen LogP contribution >= 0.6 is 11.6 Å². The molecule has 0 aliphatic carbocycles. The second kappa shape index (κ2) is 4.32. The van der Waals surface area contributed by atoms with Crippen LogP contribution in [0.1, 0.15) is 28.0 Å². The molecule has 0 bridgehead atoms. The van der Waals surface area contributed by atoms with Gasteiger partial charge >= 0.3 is 6.18 Å². The van der Waals surface area contributed by atoms with Crippen LogP contribution in [0.5, 0.6) is 0 Å². The van der Waals surface area contributed by atoms with Gasteiger partial charge in [-0.15, -0.1) is 0 Å². The normalized spacial score (nSPS) is 11.9. The summed E-state index contributed by atoms with van der Waals surface area (Å²) in [5.74, 6) is 0. The van der Waals surface area contributed by atoms with E-state index in [1.54, 1.807) is 0 Å². The van der Waals surface area contributed by atoms with Crippen molar-refractivity contribution in [1.29, 1.82) is 0 Å². The Balaban J connectivity index is 3.51. The Kier molecular flexibility index (Phi) is 3.47. The zero-order valence-corrected chi connectivity index (χ0v) is 8.11. The number of rotatable bonds is 2. The highest BCUT2D eigenvalue weighted by Crippen LogP contribution is 2.37. The summed E-state index contributed by atoms with van der Waals surface area (Å²) in [6.07, 6.45) is -7.87. The van der Waals surface area contributed by atoms with Gasteiger partial charge in [0, 0.05) is 6.20 Å². The van der Waals surface area contributed by atoms with Crippen LogP contribution in [-0.4, -0.2) is 10.2 Å². The van der Waals surface area contributed by atoms with E-state index in [0.717, 1.165) is 0 Å². The van der Waals surface area contributed by atoms with E-state index in [4.69, 9.17) is 11.6 Å². The third-order valence-corrected chi connectivity index (χ3v) is 1.88. The highest BCUT2D eigenvalue weighted by molar-refractivity contribution is 6.67. The lowest BCUT2D eigenvalue weighted by Gasteiger charge is -2.13. The van der Waals surface area contributed by atoms with Crippen molar-refractivity contribution in [3.63, 3.8) is 0 Å². The van der Waals surface area contributed by atoms with Gasteiger partial charge in [0.15, 0.2) is 0 Å². The van der Waals surface area contributed by atoms with Crippen LogP contribution in [0, 0.1) is 0 Å². The number of hydrogen-bond donors (Lipinski definition) is 0. The molecule has 1 heterocycles. The first-order chi connectivity index (χ1) is 7.25. The van der Waals surface area contributed by atoms with Gasteiger partial charge < -0.3 is 0 Å². The van der Waals surface area contributed by atoms with Crippen LogP contribution < -0.4 is 0 Å². The largest absolute Gasteiger partial charge is 0.417 e. The number of carbonyl (C=O) groups is 1. The molecule has 0 saturated carbocycles. The molecule has 0 saturated heterocycles. The minimum Gasteiger partial charge on any atom is -0.274 e. The third kappa shape index (κ3) is 2.46. The summed E-state index contributed by atoms with van der Waals surface area (Å²) in [7, 11) is 0. The van der Waals surface area contributed by atoms with Crippen molar-refractivity contribution in [3.8, 4) is 0 Å². The average molecular weight is 260 g/mol. The number of hydrogen-bond acceptors (Lipinski definition) is 2. The highest BCUT2D eigenvalue weighted by Gasteiger charge is 2.38. The molecule has 88 valence electrons. The predicted molar refractivity (Wildman–Crippen MR) is 44.4 cm³/mol. The van der Waals surface area contributed by atoms with Crippen molar-refractivity contribution < 1.29 is 26.7 Å². The maximum atomic E-state index is 12.4. The van der Waals surface area contributed by atoms with Crippen molar-refractivity contribution in [2.75, 3.05) is 0 Å². The minimum absolute atomic E-state index is 0.366. The third-order valence-electron chi connectivity index (χ3n) is 1.70. The van der Waals surface area contributed by atoms with Crippen molar-refractivity contribution in [1.82, 2.24) is 4.98 Å². The monoisotopic (exact) mass is 259 g/mol.